The van der Waals surface area contributed by atoms with Crippen molar-refractivity contribution >= 4 is 23.4 Å². The van der Waals surface area contributed by atoms with Crippen LogP contribution < -0.4 is 10.6 Å². The number of benzene rings is 2. The zero-order valence-electron chi connectivity index (χ0n) is 17.2. The molecule has 3 amide bonds. The summed E-state index contributed by atoms with van der Waals surface area (Å²) in [6.45, 7) is 1.28. The number of anilines is 1. The lowest BCUT2D eigenvalue weighted by atomic mass is 10.1. The summed E-state index contributed by atoms with van der Waals surface area (Å²) in [5.74, 6) is -1.14. The minimum atomic E-state index is -4.56. The molecular formula is C22H23F3N4O3. The van der Waals surface area contributed by atoms with E-state index in [0.717, 1.165) is 6.07 Å². The van der Waals surface area contributed by atoms with Crippen LogP contribution in [0.4, 0.5) is 18.9 Å². The van der Waals surface area contributed by atoms with Crippen LogP contribution in [0.3, 0.4) is 0 Å². The Kier molecular flexibility index (Phi) is 7.47. The SMILES string of the molecule is O=C(CN1CCN(C(=O)CNC(=O)c2ccccc2)CC1)Nc1ccccc1C(F)(F)F. The van der Waals surface area contributed by atoms with E-state index in [1.807, 2.05) is 0 Å². The Hall–Kier alpha value is -3.40. The topological polar surface area (TPSA) is 81.8 Å². The Morgan fingerprint density at radius 3 is 2.16 bits per heavy atom. The van der Waals surface area contributed by atoms with E-state index in [1.165, 1.54) is 18.2 Å². The van der Waals surface area contributed by atoms with Crippen molar-refractivity contribution in [1.29, 1.82) is 0 Å². The Morgan fingerprint density at radius 2 is 1.50 bits per heavy atom. The highest BCUT2D eigenvalue weighted by Crippen LogP contribution is 2.34. The molecule has 2 aromatic carbocycles. The minimum absolute atomic E-state index is 0.0844. The van der Waals surface area contributed by atoms with Gasteiger partial charge in [0.05, 0.1) is 24.3 Å². The number of rotatable bonds is 6. The van der Waals surface area contributed by atoms with Crippen molar-refractivity contribution in [1.82, 2.24) is 15.1 Å². The van der Waals surface area contributed by atoms with Crippen molar-refractivity contribution in [3.63, 3.8) is 0 Å². The number of piperazine rings is 1. The molecule has 0 bridgehead atoms. The van der Waals surface area contributed by atoms with Crippen molar-refractivity contribution in [2.24, 2.45) is 0 Å². The van der Waals surface area contributed by atoms with Crippen LogP contribution in [0.25, 0.3) is 0 Å². The highest BCUT2D eigenvalue weighted by atomic mass is 19.4. The summed E-state index contributed by atoms with van der Waals surface area (Å²) >= 11 is 0. The third kappa shape index (κ3) is 6.30. The molecule has 7 nitrogen and oxygen atoms in total. The lowest BCUT2D eigenvalue weighted by molar-refractivity contribution is -0.137. The second kappa shape index (κ2) is 10.3. The van der Waals surface area contributed by atoms with Gasteiger partial charge in [-0.15, -0.1) is 0 Å². The van der Waals surface area contributed by atoms with Gasteiger partial charge in [-0.2, -0.15) is 13.2 Å². The molecule has 1 fully saturated rings. The second-order valence-electron chi connectivity index (χ2n) is 7.30. The summed E-state index contributed by atoms with van der Waals surface area (Å²) in [7, 11) is 0. The molecule has 1 heterocycles. The van der Waals surface area contributed by atoms with E-state index in [4.69, 9.17) is 0 Å². The Labute approximate surface area is 183 Å². The molecule has 2 aromatic rings. The van der Waals surface area contributed by atoms with Crippen molar-refractivity contribution in [3.8, 4) is 0 Å². The number of hydrogen-bond acceptors (Lipinski definition) is 4. The largest absolute Gasteiger partial charge is 0.418 e. The molecule has 1 saturated heterocycles. The van der Waals surface area contributed by atoms with Crippen molar-refractivity contribution in [2.75, 3.05) is 44.6 Å². The van der Waals surface area contributed by atoms with Crippen LogP contribution >= 0.6 is 0 Å². The molecule has 10 heteroatoms. The number of alkyl halides is 3. The minimum Gasteiger partial charge on any atom is -0.343 e. The monoisotopic (exact) mass is 448 g/mol. The van der Waals surface area contributed by atoms with Gasteiger partial charge in [0.25, 0.3) is 5.91 Å². The molecule has 2 N–H and O–H groups in total. The first-order chi connectivity index (χ1) is 15.2. The van der Waals surface area contributed by atoms with Crippen molar-refractivity contribution in [3.05, 3.63) is 65.7 Å². The first kappa shape index (κ1) is 23.3. The summed E-state index contributed by atoms with van der Waals surface area (Å²) in [5.41, 5.74) is -0.725. The zero-order chi connectivity index (χ0) is 23.1. The highest BCUT2D eigenvalue weighted by Gasteiger charge is 2.33. The summed E-state index contributed by atoms with van der Waals surface area (Å²) in [6.07, 6.45) is -4.56. The van der Waals surface area contributed by atoms with E-state index in [2.05, 4.69) is 10.6 Å². The summed E-state index contributed by atoms with van der Waals surface area (Å²) in [5, 5.41) is 4.90. The zero-order valence-corrected chi connectivity index (χ0v) is 17.2. The first-order valence-electron chi connectivity index (χ1n) is 10.0. The molecule has 170 valence electrons. The van der Waals surface area contributed by atoms with Crippen LogP contribution in [0, 0.1) is 0 Å². The fourth-order valence-corrected chi connectivity index (χ4v) is 3.35. The van der Waals surface area contributed by atoms with Gasteiger partial charge in [0.15, 0.2) is 0 Å². The van der Waals surface area contributed by atoms with Crippen LogP contribution in [-0.4, -0.2) is 66.8 Å². The molecule has 0 spiro atoms. The summed E-state index contributed by atoms with van der Waals surface area (Å²) < 4.78 is 39.2. The normalized spacial score (nSPS) is 14.7. The van der Waals surface area contributed by atoms with Gasteiger partial charge in [-0.25, -0.2) is 0 Å². The maximum Gasteiger partial charge on any atom is 0.418 e. The Balaban J connectivity index is 1.43. The van der Waals surface area contributed by atoms with Gasteiger partial charge in [0.2, 0.25) is 11.8 Å². The Morgan fingerprint density at radius 1 is 0.875 bits per heavy atom. The maximum atomic E-state index is 13.1. The molecule has 0 aromatic heterocycles. The third-order valence-electron chi connectivity index (χ3n) is 5.03. The number of para-hydroxylation sites is 1. The van der Waals surface area contributed by atoms with E-state index < -0.39 is 17.6 Å². The predicted octanol–water partition coefficient (Wildman–Crippen LogP) is 2.22. The fourth-order valence-electron chi connectivity index (χ4n) is 3.35. The maximum absolute atomic E-state index is 13.1. The van der Waals surface area contributed by atoms with Gasteiger partial charge < -0.3 is 15.5 Å². The first-order valence-corrected chi connectivity index (χ1v) is 10.0. The van der Waals surface area contributed by atoms with Crippen LogP contribution in [-0.2, 0) is 15.8 Å². The van der Waals surface area contributed by atoms with E-state index in [-0.39, 0.29) is 30.6 Å². The fraction of sp³-hybridized carbons (Fsp3) is 0.318. The van der Waals surface area contributed by atoms with Gasteiger partial charge in [0, 0.05) is 31.7 Å². The van der Waals surface area contributed by atoms with Gasteiger partial charge in [-0.05, 0) is 24.3 Å². The van der Waals surface area contributed by atoms with Crippen molar-refractivity contribution < 1.29 is 27.6 Å². The lowest BCUT2D eigenvalue weighted by Crippen LogP contribution is -2.52. The molecular weight excluding hydrogens is 425 g/mol. The molecule has 1 aliphatic heterocycles. The molecule has 0 radical (unpaired) electrons. The van der Waals surface area contributed by atoms with E-state index in [9.17, 15) is 27.6 Å². The van der Waals surface area contributed by atoms with Gasteiger partial charge in [0.1, 0.15) is 0 Å². The smallest absolute Gasteiger partial charge is 0.343 e. The molecule has 0 saturated carbocycles. The molecule has 1 aliphatic rings. The standard InChI is InChI=1S/C22H23F3N4O3/c23-22(24,25)17-8-4-5-9-18(17)27-19(30)15-28-10-12-29(13-11-28)20(31)14-26-21(32)16-6-2-1-3-7-16/h1-9H,10-15H2,(H,26,32)(H,27,30). The average Bonchev–Trinajstić information content (AvgIpc) is 2.78. The van der Waals surface area contributed by atoms with Gasteiger partial charge in [-0.3, -0.25) is 19.3 Å². The van der Waals surface area contributed by atoms with Crippen LogP contribution in [0.2, 0.25) is 0 Å². The van der Waals surface area contributed by atoms with Gasteiger partial charge in [-0.1, -0.05) is 30.3 Å². The van der Waals surface area contributed by atoms with Gasteiger partial charge >= 0.3 is 6.18 Å². The highest BCUT2D eigenvalue weighted by molar-refractivity contribution is 5.96. The number of nitrogens with zero attached hydrogens (tertiary/aromatic N) is 2. The van der Waals surface area contributed by atoms with E-state index in [1.54, 1.807) is 40.1 Å². The quantitative estimate of drug-likeness (QED) is 0.710. The molecule has 32 heavy (non-hydrogen) atoms. The molecule has 0 atom stereocenters. The van der Waals surface area contributed by atoms with Crippen molar-refractivity contribution in [2.45, 2.75) is 6.18 Å². The van der Waals surface area contributed by atoms with E-state index in [0.29, 0.717) is 31.7 Å². The third-order valence-corrected chi connectivity index (χ3v) is 5.03. The summed E-state index contributed by atoms with van der Waals surface area (Å²) in [4.78, 5) is 40.0. The number of halogens is 3. The number of nitrogens with one attached hydrogen (secondary N) is 2. The summed E-state index contributed by atoms with van der Waals surface area (Å²) in [6, 6.07) is 13.4. The Bertz CT molecular complexity index is 958. The predicted molar refractivity (Wildman–Crippen MR) is 112 cm³/mol. The molecule has 0 aliphatic carbocycles. The number of carbonyl (C=O) groups is 3. The lowest BCUT2D eigenvalue weighted by Gasteiger charge is -2.34. The number of carbonyl (C=O) groups excluding carboxylic acids is 3. The van der Waals surface area contributed by atoms with E-state index >= 15 is 0 Å². The number of hydrogen-bond donors (Lipinski definition) is 2. The van der Waals surface area contributed by atoms with Crippen LogP contribution in [0.15, 0.2) is 54.6 Å². The molecule has 3 rings (SSSR count). The molecule has 0 unspecified atom stereocenters. The number of amides is 3. The van der Waals surface area contributed by atoms with Crippen LogP contribution in [0.5, 0.6) is 0 Å². The van der Waals surface area contributed by atoms with Crippen LogP contribution in [0.1, 0.15) is 15.9 Å². The second-order valence-corrected chi connectivity index (χ2v) is 7.30. The average molecular weight is 448 g/mol.